The van der Waals surface area contributed by atoms with Crippen LogP contribution in [-0.4, -0.2) is 16.0 Å². The van der Waals surface area contributed by atoms with Gasteiger partial charge >= 0.3 is 0 Å². The lowest BCUT2D eigenvalue weighted by atomic mass is 10.2. The summed E-state index contributed by atoms with van der Waals surface area (Å²) in [4.78, 5) is 8.58. The fourth-order valence-electron chi connectivity index (χ4n) is 1.69. The third-order valence-electron chi connectivity index (χ3n) is 2.85. The summed E-state index contributed by atoms with van der Waals surface area (Å²) in [6.45, 7) is 6.17. The number of nitrogens with one attached hydrogen (secondary N) is 1. The highest BCUT2D eigenvalue weighted by atomic mass is 35.5. The van der Waals surface area contributed by atoms with Crippen molar-refractivity contribution in [1.82, 2.24) is 9.97 Å². The molecule has 82 valence electrons. The second-order valence-corrected chi connectivity index (χ2v) is 4.56. The van der Waals surface area contributed by atoms with E-state index in [4.69, 9.17) is 11.6 Å². The lowest BCUT2D eigenvalue weighted by Gasteiger charge is -2.11. The summed E-state index contributed by atoms with van der Waals surface area (Å²) < 4.78 is 0. The highest BCUT2D eigenvalue weighted by Crippen LogP contribution is 2.34. The Kier molecular flexibility index (Phi) is 2.83. The zero-order valence-electron chi connectivity index (χ0n) is 9.34. The minimum Gasteiger partial charge on any atom is -0.367 e. The van der Waals surface area contributed by atoms with Gasteiger partial charge in [0.15, 0.2) is 0 Å². The third kappa shape index (κ3) is 2.23. The summed E-state index contributed by atoms with van der Waals surface area (Å²) in [6.07, 6.45) is 2.09. The molecule has 0 bridgehead atoms. The molecule has 15 heavy (non-hydrogen) atoms. The van der Waals surface area contributed by atoms with Crippen molar-refractivity contribution >= 4 is 17.4 Å². The molecule has 2 rings (SSSR count). The van der Waals surface area contributed by atoms with Crippen molar-refractivity contribution < 1.29 is 0 Å². The fraction of sp³-hybridized carbons (Fsp3) is 0.636. The van der Waals surface area contributed by atoms with Crippen LogP contribution < -0.4 is 5.32 Å². The number of halogens is 1. The fourth-order valence-corrected chi connectivity index (χ4v) is 2.04. The Hall–Kier alpha value is -0.830. The van der Waals surface area contributed by atoms with Gasteiger partial charge in [0.1, 0.15) is 16.8 Å². The molecule has 0 aliphatic heterocycles. The number of aryl methyl sites for hydroxylation is 1. The van der Waals surface area contributed by atoms with Gasteiger partial charge in [-0.2, -0.15) is 0 Å². The Labute approximate surface area is 95.3 Å². The lowest BCUT2D eigenvalue weighted by molar-refractivity contribution is 0.906. The molecule has 1 heterocycles. The molecule has 0 unspecified atom stereocenters. The van der Waals surface area contributed by atoms with Crippen LogP contribution in [0.5, 0.6) is 0 Å². The van der Waals surface area contributed by atoms with Crippen molar-refractivity contribution in [3.05, 3.63) is 16.5 Å². The Bertz CT molecular complexity index is 378. The predicted molar refractivity (Wildman–Crippen MR) is 62.3 cm³/mol. The van der Waals surface area contributed by atoms with Gasteiger partial charge in [-0.1, -0.05) is 25.4 Å². The van der Waals surface area contributed by atoms with Crippen molar-refractivity contribution in [3.8, 4) is 0 Å². The summed E-state index contributed by atoms with van der Waals surface area (Å²) in [6, 6.07) is 0.570. The van der Waals surface area contributed by atoms with E-state index in [0.29, 0.717) is 11.2 Å². The van der Waals surface area contributed by atoms with Crippen molar-refractivity contribution in [1.29, 1.82) is 0 Å². The van der Waals surface area contributed by atoms with Crippen LogP contribution in [-0.2, 0) is 6.42 Å². The number of hydrogen-bond acceptors (Lipinski definition) is 3. The Morgan fingerprint density at radius 1 is 1.47 bits per heavy atom. The van der Waals surface area contributed by atoms with Crippen molar-refractivity contribution in [2.75, 3.05) is 5.32 Å². The van der Waals surface area contributed by atoms with E-state index in [1.54, 1.807) is 0 Å². The first-order valence-corrected chi connectivity index (χ1v) is 5.79. The largest absolute Gasteiger partial charge is 0.367 e. The van der Waals surface area contributed by atoms with Crippen LogP contribution >= 0.6 is 11.6 Å². The molecule has 0 amide bonds. The Morgan fingerprint density at radius 2 is 2.13 bits per heavy atom. The lowest BCUT2D eigenvalue weighted by Crippen LogP contribution is -2.10. The molecule has 1 aliphatic carbocycles. The predicted octanol–water partition coefficient (Wildman–Crippen LogP) is 2.82. The quantitative estimate of drug-likeness (QED) is 0.804. The maximum absolute atomic E-state index is 6.08. The summed E-state index contributed by atoms with van der Waals surface area (Å²) in [5.41, 5.74) is 1.03. The monoisotopic (exact) mass is 225 g/mol. The van der Waals surface area contributed by atoms with Crippen LogP contribution in [0, 0.1) is 12.8 Å². The molecule has 1 N–H and O–H groups in total. The van der Waals surface area contributed by atoms with Gasteiger partial charge in [-0.05, 0) is 25.7 Å². The van der Waals surface area contributed by atoms with Crippen molar-refractivity contribution in [2.45, 2.75) is 39.7 Å². The molecule has 1 aliphatic rings. The second-order valence-electron chi connectivity index (χ2n) is 4.21. The molecule has 0 saturated heterocycles. The van der Waals surface area contributed by atoms with Crippen LogP contribution in [0.1, 0.15) is 31.7 Å². The summed E-state index contributed by atoms with van der Waals surface area (Å²) >= 11 is 6.08. The standard InChI is InChI=1S/C11H16ClN3/c1-4-8-10(12)13-7(3)14-11(8)15-9-5-6(9)2/h6,9H,4-5H2,1-3H3,(H,13,14,15)/t6-,9+/m1/s1. The molecule has 3 nitrogen and oxygen atoms in total. The van der Waals surface area contributed by atoms with E-state index in [9.17, 15) is 0 Å². The minimum atomic E-state index is 0.570. The van der Waals surface area contributed by atoms with Gasteiger partial charge in [-0.25, -0.2) is 9.97 Å². The first kappa shape index (κ1) is 10.7. The number of hydrogen-bond donors (Lipinski definition) is 1. The zero-order valence-corrected chi connectivity index (χ0v) is 10.1. The minimum absolute atomic E-state index is 0.570. The summed E-state index contributed by atoms with van der Waals surface area (Å²) in [5, 5.41) is 4.02. The van der Waals surface area contributed by atoms with Gasteiger partial charge in [0.2, 0.25) is 0 Å². The average Bonchev–Trinajstić information content (AvgIpc) is 2.81. The Balaban J connectivity index is 2.27. The molecule has 0 spiro atoms. The normalized spacial score (nSPS) is 24.0. The van der Waals surface area contributed by atoms with E-state index in [0.717, 1.165) is 29.5 Å². The molecular formula is C11H16ClN3. The smallest absolute Gasteiger partial charge is 0.138 e. The topological polar surface area (TPSA) is 37.8 Å². The number of nitrogens with zero attached hydrogens (tertiary/aromatic N) is 2. The number of aromatic nitrogens is 2. The average molecular weight is 226 g/mol. The van der Waals surface area contributed by atoms with E-state index in [-0.39, 0.29) is 0 Å². The van der Waals surface area contributed by atoms with E-state index in [2.05, 4.69) is 29.1 Å². The van der Waals surface area contributed by atoms with Gasteiger partial charge in [-0.15, -0.1) is 0 Å². The SMILES string of the molecule is CCc1c(Cl)nc(C)nc1N[C@H]1C[C@H]1C. The molecule has 2 atom stereocenters. The highest BCUT2D eigenvalue weighted by Gasteiger charge is 2.33. The molecule has 1 saturated carbocycles. The van der Waals surface area contributed by atoms with Crippen LogP contribution in [0.25, 0.3) is 0 Å². The molecule has 1 fully saturated rings. The molecule has 4 heteroatoms. The van der Waals surface area contributed by atoms with Gasteiger partial charge in [0, 0.05) is 11.6 Å². The van der Waals surface area contributed by atoms with E-state index >= 15 is 0 Å². The highest BCUT2D eigenvalue weighted by molar-refractivity contribution is 6.30. The molecule has 0 radical (unpaired) electrons. The van der Waals surface area contributed by atoms with E-state index < -0.39 is 0 Å². The van der Waals surface area contributed by atoms with Crippen molar-refractivity contribution in [2.24, 2.45) is 5.92 Å². The second kappa shape index (κ2) is 3.97. The first-order valence-electron chi connectivity index (χ1n) is 5.41. The maximum atomic E-state index is 6.08. The van der Waals surface area contributed by atoms with E-state index in [1.165, 1.54) is 6.42 Å². The molecular weight excluding hydrogens is 210 g/mol. The van der Waals surface area contributed by atoms with E-state index in [1.807, 2.05) is 6.92 Å². The van der Waals surface area contributed by atoms with Gasteiger partial charge < -0.3 is 5.32 Å². The molecule has 0 aromatic carbocycles. The van der Waals surface area contributed by atoms with Crippen molar-refractivity contribution in [3.63, 3.8) is 0 Å². The van der Waals surface area contributed by atoms with Crippen LogP contribution in [0.15, 0.2) is 0 Å². The third-order valence-corrected chi connectivity index (χ3v) is 3.17. The summed E-state index contributed by atoms with van der Waals surface area (Å²) in [5.74, 6) is 2.40. The Morgan fingerprint density at radius 3 is 2.67 bits per heavy atom. The number of anilines is 1. The van der Waals surface area contributed by atoms with Gasteiger partial charge in [-0.3, -0.25) is 0 Å². The number of rotatable bonds is 3. The van der Waals surface area contributed by atoms with Crippen LogP contribution in [0.2, 0.25) is 5.15 Å². The summed E-state index contributed by atoms with van der Waals surface area (Å²) in [7, 11) is 0. The van der Waals surface area contributed by atoms with Gasteiger partial charge in [0.05, 0.1) is 0 Å². The van der Waals surface area contributed by atoms with Crippen LogP contribution in [0.4, 0.5) is 5.82 Å². The molecule has 1 aromatic rings. The van der Waals surface area contributed by atoms with Crippen LogP contribution in [0.3, 0.4) is 0 Å². The zero-order chi connectivity index (χ0) is 11.0. The molecule has 1 aromatic heterocycles. The van der Waals surface area contributed by atoms with Gasteiger partial charge in [0.25, 0.3) is 0 Å². The maximum Gasteiger partial charge on any atom is 0.138 e. The first-order chi connectivity index (χ1) is 7.11.